The first kappa shape index (κ1) is 14.5. The van der Waals surface area contributed by atoms with E-state index in [2.05, 4.69) is 4.98 Å². The summed E-state index contributed by atoms with van der Waals surface area (Å²) < 4.78 is 0. The number of amides is 1. The Balaban J connectivity index is 2.10. The van der Waals surface area contributed by atoms with Gasteiger partial charge in [0.1, 0.15) is 0 Å². The minimum Gasteiger partial charge on any atom is -0.481 e. The second-order valence-electron chi connectivity index (χ2n) is 5.44. The van der Waals surface area contributed by atoms with E-state index < -0.39 is 5.97 Å². The average Bonchev–Trinajstić information content (AvgIpc) is 2.37. The number of carbonyl (C=O) groups is 2. The van der Waals surface area contributed by atoms with Gasteiger partial charge in [-0.3, -0.25) is 14.6 Å². The highest BCUT2D eigenvalue weighted by Gasteiger charge is 2.26. The first-order valence-electron chi connectivity index (χ1n) is 6.92. The van der Waals surface area contributed by atoms with Gasteiger partial charge in [0.15, 0.2) is 0 Å². The van der Waals surface area contributed by atoms with Crippen LogP contribution in [-0.2, 0) is 4.79 Å². The molecule has 1 aliphatic rings. The van der Waals surface area contributed by atoms with E-state index in [-0.39, 0.29) is 18.2 Å². The number of aryl methyl sites for hydroxylation is 2. The van der Waals surface area contributed by atoms with Crippen molar-refractivity contribution in [2.75, 3.05) is 13.1 Å². The minimum atomic E-state index is -0.794. The number of piperidine rings is 1. The van der Waals surface area contributed by atoms with Crippen LogP contribution in [0.2, 0.25) is 0 Å². The SMILES string of the molecule is Cc1ccc(C(=O)N2CCCC(CC(=O)O)C2)c(C)n1. The molecule has 0 aromatic carbocycles. The van der Waals surface area contributed by atoms with Gasteiger partial charge in [-0.2, -0.15) is 0 Å². The van der Waals surface area contributed by atoms with Crippen LogP contribution >= 0.6 is 0 Å². The fourth-order valence-electron chi connectivity index (χ4n) is 2.75. The highest BCUT2D eigenvalue weighted by molar-refractivity contribution is 5.95. The highest BCUT2D eigenvalue weighted by atomic mass is 16.4. The number of nitrogens with zero attached hydrogens (tertiary/aromatic N) is 2. The number of aliphatic carboxylic acids is 1. The van der Waals surface area contributed by atoms with E-state index in [0.717, 1.165) is 24.2 Å². The molecule has 1 atom stereocenters. The molecule has 0 radical (unpaired) electrons. The lowest BCUT2D eigenvalue weighted by atomic mass is 9.94. The molecule has 5 heteroatoms. The number of aromatic nitrogens is 1. The zero-order chi connectivity index (χ0) is 14.7. The summed E-state index contributed by atoms with van der Waals surface area (Å²) in [6, 6.07) is 3.64. The average molecular weight is 276 g/mol. The van der Waals surface area contributed by atoms with Gasteiger partial charge in [0.2, 0.25) is 0 Å². The van der Waals surface area contributed by atoms with Crippen molar-refractivity contribution in [3.05, 3.63) is 29.1 Å². The Morgan fingerprint density at radius 3 is 2.80 bits per heavy atom. The molecule has 1 N–H and O–H groups in total. The Morgan fingerprint density at radius 1 is 1.40 bits per heavy atom. The zero-order valence-electron chi connectivity index (χ0n) is 11.9. The van der Waals surface area contributed by atoms with Crippen molar-refractivity contribution >= 4 is 11.9 Å². The van der Waals surface area contributed by atoms with Crippen LogP contribution in [0.5, 0.6) is 0 Å². The summed E-state index contributed by atoms with van der Waals surface area (Å²) >= 11 is 0. The van der Waals surface area contributed by atoms with Gasteiger partial charge in [0.25, 0.3) is 5.91 Å². The summed E-state index contributed by atoms with van der Waals surface area (Å²) in [6.45, 7) is 4.95. The third-order valence-electron chi connectivity index (χ3n) is 3.72. The van der Waals surface area contributed by atoms with Gasteiger partial charge in [0, 0.05) is 25.2 Å². The van der Waals surface area contributed by atoms with E-state index in [4.69, 9.17) is 5.11 Å². The molecule has 0 saturated carbocycles. The first-order valence-corrected chi connectivity index (χ1v) is 6.92. The molecule has 0 spiro atoms. The third-order valence-corrected chi connectivity index (χ3v) is 3.72. The van der Waals surface area contributed by atoms with Crippen molar-refractivity contribution in [2.24, 2.45) is 5.92 Å². The fourth-order valence-corrected chi connectivity index (χ4v) is 2.75. The van der Waals surface area contributed by atoms with Crippen molar-refractivity contribution in [3.8, 4) is 0 Å². The predicted molar refractivity (Wildman–Crippen MR) is 74.6 cm³/mol. The number of carboxylic acids is 1. The Labute approximate surface area is 118 Å². The van der Waals surface area contributed by atoms with Crippen LogP contribution in [0.15, 0.2) is 12.1 Å². The molecule has 0 aliphatic carbocycles. The lowest BCUT2D eigenvalue weighted by Crippen LogP contribution is -2.40. The van der Waals surface area contributed by atoms with Crippen LogP contribution < -0.4 is 0 Å². The van der Waals surface area contributed by atoms with E-state index in [9.17, 15) is 9.59 Å². The third kappa shape index (κ3) is 3.35. The molecule has 1 amide bonds. The summed E-state index contributed by atoms with van der Waals surface area (Å²) in [4.78, 5) is 29.4. The molecule has 108 valence electrons. The lowest BCUT2D eigenvalue weighted by molar-refractivity contribution is -0.138. The monoisotopic (exact) mass is 276 g/mol. The zero-order valence-corrected chi connectivity index (χ0v) is 11.9. The van der Waals surface area contributed by atoms with E-state index in [1.54, 1.807) is 11.0 Å². The number of rotatable bonds is 3. The molecular formula is C15H20N2O3. The summed E-state index contributed by atoms with van der Waals surface area (Å²) in [6.07, 6.45) is 1.87. The van der Waals surface area contributed by atoms with Crippen molar-refractivity contribution in [1.29, 1.82) is 0 Å². The topological polar surface area (TPSA) is 70.5 Å². The molecule has 1 aromatic rings. The van der Waals surface area contributed by atoms with Crippen molar-refractivity contribution in [1.82, 2.24) is 9.88 Å². The molecule has 1 fully saturated rings. The molecule has 2 heterocycles. The van der Waals surface area contributed by atoms with Crippen LogP contribution in [0.1, 0.15) is 41.0 Å². The lowest BCUT2D eigenvalue weighted by Gasteiger charge is -2.32. The summed E-state index contributed by atoms with van der Waals surface area (Å²) in [5, 5.41) is 8.87. The normalized spacial score (nSPS) is 18.9. The van der Waals surface area contributed by atoms with Crippen molar-refractivity contribution in [3.63, 3.8) is 0 Å². The molecule has 1 saturated heterocycles. The largest absolute Gasteiger partial charge is 0.481 e. The molecule has 20 heavy (non-hydrogen) atoms. The molecular weight excluding hydrogens is 256 g/mol. The second kappa shape index (κ2) is 6.03. The van der Waals surface area contributed by atoms with E-state index in [1.807, 2.05) is 19.9 Å². The maximum Gasteiger partial charge on any atom is 0.303 e. The Hall–Kier alpha value is -1.91. The number of hydrogen-bond donors (Lipinski definition) is 1. The Bertz CT molecular complexity index is 528. The van der Waals surface area contributed by atoms with E-state index in [1.165, 1.54) is 0 Å². The number of carbonyl (C=O) groups excluding carboxylic acids is 1. The number of likely N-dealkylation sites (tertiary alicyclic amines) is 1. The van der Waals surface area contributed by atoms with E-state index >= 15 is 0 Å². The maximum atomic E-state index is 12.5. The standard InChI is InChI=1S/C15H20N2O3/c1-10-5-6-13(11(2)16-10)15(20)17-7-3-4-12(9-17)8-14(18)19/h5-6,12H,3-4,7-9H2,1-2H3,(H,18,19). The highest BCUT2D eigenvalue weighted by Crippen LogP contribution is 2.22. The van der Waals surface area contributed by atoms with Gasteiger partial charge >= 0.3 is 5.97 Å². The van der Waals surface area contributed by atoms with Crippen LogP contribution in [0, 0.1) is 19.8 Å². The number of carboxylic acid groups (broad SMARTS) is 1. The van der Waals surface area contributed by atoms with Crippen molar-refractivity contribution in [2.45, 2.75) is 33.1 Å². The predicted octanol–water partition coefficient (Wildman–Crippen LogP) is 2.03. The molecule has 1 unspecified atom stereocenters. The maximum absolute atomic E-state index is 12.5. The van der Waals surface area contributed by atoms with Crippen LogP contribution in [0.4, 0.5) is 0 Å². The van der Waals surface area contributed by atoms with Crippen LogP contribution in [0.25, 0.3) is 0 Å². The first-order chi connectivity index (χ1) is 9.47. The smallest absolute Gasteiger partial charge is 0.303 e. The van der Waals surface area contributed by atoms with Gasteiger partial charge in [0.05, 0.1) is 11.3 Å². The number of pyridine rings is 1. The fraction of sp³-hybridized carbons (Fsp3) is 0.533. The molecule has 2 rings (SSSR count). The van der Waals surface area contributed by atoms with Gasteiger partial charge in [-0.05, 0) is 44.7 Å². The summed E-state index contributed by atoms with van der Waals surface area (Å²) in [5.41, 5.74) is 2.24. The summed E-state index contributed by atoms with van der Waals surface area (Å²) in [7, 11) is 0. The van der Waals surface area contributed by atoms with Crippen LogP contribution in [-0.4, -0.2) is 40.0 Å². The molecule has 1 aliphatic heterocycles. The second-order valence-corrected chi connectivity index (χ2v) is 5.44. The minimum absolute atomic E-state index is 0.0370. The van der Waals surface area contributed by atoms with Crippen LogP contribution in [0.3, 0.4) is 0 Å². The van der Waals surface area contributed by atoms with Crippen molar-refractivity contribution < 1.29 is 14.7 Å². The Morgan fingerprint density at radius 2 is 2.15 bits per heavy atom. The van der Waals surface area contributed by atoms with Gasteiger partial charge in [-0.25, -0.2) is 0 Å². The summed E-state index contributed by atoms with van der Waals surface area (Å²) in [5.74, 6) is -0.772. The number of hydrogen-bond acceptors (Lipinski definition) is 3. The van der Waals surface area contributed by atoms with E-state index in [0.29, 0.717) is 18.7 Å². The van der Waals surface area contributed by atoms with Gasteiger partial charge in [-0.1, -0.05) is 0 Å². The van der Waals surface area contributed by atoms with Gasteiger partial charge in [-0.15, -0.1) is 0 Å². The Kier molecular flexibility index (Phi) is 4.37. The quantitative estimate of drug-likeness (QED) is 0.917. The van der Waals surface area contributed by atoms with Gasteiger partial charge < -0.3 is 10.0 Å². The molecule has 1 aromatic heterocycles. The molecule has 0 bridgehead atoms. The molecule has 5 nitrogen and oxygen atoms in total.